The van der Waals surface area contributed by atoms with Crippen LogP contribution in [0.1, 0.15) is 38.7 Å². The Morgan fingerprint density at radius 1 is 1.17 bits per heavy atom. The highest BCUT2D eigenvalue weighted by Crippen LogP contribution is 2.48. The molecule has 1 N–H and O–H groups in total. The van der Waals surface area contributed by atoms with Crippen LogP contribution in [0.25, 0.3) is 0 Å². The van der Waals surface area contributed by atoms with Gasteiger partial charge in [-0.1, -0.05) is 32.0 Å². The predicted molar refractivity (Wildman–Crippen MR) is 114 cm³/mol. The maximum Gasteiger partial charge on any atom is 0.246 e. The quantitative estimate of drug-likeness (QED) is 0.647. The second-order valence-corrected chi connectivity index (χ2v) is 9.05. The first-order valence-corrected chi connectivity index (χ1v) is 11.6. The van der Waals surface area contributed by atoms with Gasteiger partial charge in [-0.3, -0.25) is 4.79 Å². The predicted octanol–water partition coefficient (Wildman–Crippen LogP) is 4.00. The van der Waals surface area contributed by atoms with Crippen molar-refractivity contribution in [2.45, 2.75) is 38.0 Å². The van der Waals surface area contributed by atoms with Crippen molar-refractivity contribution in [3.8, 4) is 5.75 Å². The van der Waals surface area contributed by atoms with Crippen LogP contribution in [0, 0.1) is 11.7 Å². The summed E-state index contributed by atoms with van der Waals surface area (Å²) in [6.07, 6.45) is 0.564. The number of hydrogen-bond donors (Lipinski definition) is 1. The van der Waals surface area contributed by atoms with Gasteiger partial charge in [-0.15, -0.1) is 0 Å². The van der Waals surface area contributed by atoms with E-state index in [9.17, 15) is 17.6 Å². The molecule has 0 bridgehead atoms. The first-order chi connectivity index (χ1) is 14.3. The lowest BCUT2D eigenvalue weighted by Gasteiger charge is -2.21. The van der Waals surface area contributed by atoms with Gasteiger partial charge in [0, 0.05) is 24.7 Å². The van der Waals surface area contributed by atoms with Gasteiger partial charge < -0.3 is 10.1 Å². The molecule has 2 aromatic carbocycles. The monoisotopic (exact) mass is 434 g/mol. The van der Waals surface area contributed by atoms with Gasteiger partial charge >= 0.3 is 0 Å². The van der Waals surface area contributed by atoms with Crippen molar-refractivity contribution in [3.63, 3.8) is 0 Å². The number of hydrogen-bond acceptors (Lipinski definition) is 4. The average molecular weight is 435 g/mol. The largest absolute Gasteiger partial charge is 0.492 e. The fourth-order valence-corrected chi connectivity index (χ4v) is 5.22. The normalized spacial score (nSPS) is 18.3. The molecule has 2 unspecified atom stereocenters. The number of ether oxygens (including phenoxy) is 1. The zero-order valence-electron chi connectivity index (χ0n) is 17.4. The van der Waals surface area contributed by atoms with E-state index in [1.54, 1.807) is 51.1 Å². The number of sulfonamides is 1. The minimum atomic E-state index is -3.77. The number of carbonyl (C=O) groups is 1. The Morgan fingerprint density at radius 2 is 1.87 bits per heavy atom. The Balaban J connectivity index is 1.82. The SMILES string of the molecule is CCOc1ccc(NC(=O)C2CC2c2ccccc2F)cc1S(=O)(=O)N(CC)CC. The lowest BCUT2D eigenvalue weighted by Crippen LogP contribution is -2.31. The lowest BCUT2D eigenvalue weighted by molar-refractivity contribution is -0.117. The first kappa shape index (κ1) is 22.2. The Labute approximate surface area is 177 Å². The molecule has 0 saturated heterocycles. The second-order valence-electron chi connectivity index (χ2n) is 7.14. The van der Waals surface area contributed by atoms with E-state index in [1.807, 2.05) is 0 Å². The van der Waals surface area contributed by atoms with E-state index in [4.69, 9.17) is 4.74 Å². The maximum absolute atomic E-state index is 14.0. The molecule has 0 heterocycles. The summed E-state index contributed by atoms with van der Waals surface area (Å²) in [6, 6.07) is 11.0. The summed E-state index contributed by atoms with van der Waals surface area (Å²) < 4.78 is 46.9. The molecule has 1 aliphatic rings. The molecule has 0 aromatic heterocycles. The van der Waals surface area contributed by atoms with E-state index >= 15 is 0 Å². The van der Waals surface area contributed by atoms with E-state index in [2.05, 4.69) is 5.32 Å². The summed E-state index contributed by atoms with van der Waals surface area (Å²) in [5, 5.41) is 2.78. The van der Waals surface area contributed by atoms with Crippen LogP contribution in [-0.4, -0.2) is 38.3 Å². The van der Waals surface area contributed by atoms with Gasteiger partial charge in [0.05, 0.1) is 6.61 Å². The molecule has 1 saturated carbocycles. The molecule has 1 fully saturated rings. The van der Waals surface area contributed by atoms with E-state index in [0.29, 0.717) is 37.4 Å². The van der Waals surface area contributed by atoms with Crippen molar-refractivity contribution in [3.05, 3.63) is 53.8 Å². The van der Waals surface area contributed by atoms with Gasteiger partial charge in [-0.2, -0.15) is 4.31 Å². The van der Waals surface area contributed by atoms with E-state index < -0.39 is 10.0 Å². The summed E-state index contributed by atoms with van der Waals surface area (Å²) in [5.74, 6) is -0.813. The number of amides is 1. The van der Waals surface area contributed by atoms with E-state index in [1.165, 1.54) is 16.4 Å². The third-order valence-electron chi connectivity index (χ3n) is 5.27. The third kappa shape index (κ3) is 4.49. The summed E-state index contributed by atoms with van der Waals surface area (Å²) in [6.45, 7) is 6.28. The molecule has 0 aliphatic heterocycles. The van der Waals surface area contributed by atoms with Crippen LogP contribution < -0.4 is 10.1 Å². The zero-order valence-corrected chi connectivity index (χ0v) is 18.2. The number of halogens is 1. The summed E-state index contributed by atoms with van der Waals surface area (Å²) in [5.41, 5.74) is 0.905. The summed E-state index contributed by atoms with van der Waals surface area (Å²) in [7, 11) is -3.77. The molecule has 0 radical (unpaired) electrons. The maximum atomic E-state index is 14.0. The van der Waals surface area contributed by atoms with E-state index in [0.717, 1.165) is 0 Å². The van der Waals surface area contributed by atoms with Crippen molar-refractivity contribution in [1.29, 1.82) is 0 Å². The number of carbonyl (C=O) groups excluding carboxylic acids is 1. The van der Waals surface area contributed by atoms with Crippen molar-refractivity contribution in [1.82, 2.24) is 4.31 Å². The first-order valence-electron chi connectivity index (χ1n) is 10.2. The number of nitrogens with zero attached hydrogens (tertiary/aromatic N) is 1. The molecule has 162 valence electrons. The van der Waals surface area contributed by atoms with Gasteiger partial charge in [0.15, 0.2) is 0 Å². The van der Waals surface area contributed by atoms with Crippen LogP contribution in [0.4, 0.5) is 10.1 Å². The van der Waals surface area contributed by atoms with Crippen molar-refractivity contribution in [2.24, 2.45) is 5.92 Å². The summed E-state index contributed by atoms with van der Waals surface area (Å²) >= 11 is 0. The molecule has 2 aromatic rings. The molecule has 0 spiro atoms. The third-order valence-corrected chi connectivity index (χ3v) is 7.34. The molecule has 30 heavy (non-hydrogen) atoms. The van der Waals surface area contributed by atoms with Gasteiger partial charge in [-0.25, -0.2) is 12.8 Å². The van der Waals surface area contributed by atoms with E-state index in [-0.39, 0.29) is 34.2 Å². The molecule has 1 amide bonds. The Morgan fingerprint density at radius 3 is 2.50 bits per heavy atom. The van der Waals surface area contributed by atoms with Gasteiger partial charge in [0.1, 0.15) is 16.5 Å². The van der Waals surface area contributed by atoms with Crippen LogP contribution in [0.15, 0.2) is 47.4 Å². The molecule has 6 nitrogen and oxygen atoms in total. The molecule has 8 heteroatoms. The van der Waals surface area contributed by atoms with Crippen LogP contribution >= 0.6 is 0 Å². The Hall–Kier alpha value is -2.45. The smallest absolute Gasteiger partial charge is 0.246 e. The fraction of sp³-hybridized carbons (Fsp3) is 0.409. The highest BCUT2D eigenvalue weighted by Gasteiger charge is 2.45. The number of benzene rings is 2. The molecule has 3 rings (SSSR count). The topological polar surface area (TPSA) is 75.7 Å². The minimum Gasteiger partial charge on any atom is -0.492 e. The highest BCUT2D eigenvalue weighted by molar-refractivity contribution is 7.89. The van der Waals surface area contributed by atoms with Gasteiger partial charge in [0.2, 0.25) is 15.9 Å². The van der Waals surface area contributed by atoms with Gasteiger partial charge in [0.25, 0.3) is 0 Å². The van der Waals surface area contributed by atoms with Crippen LogP contribution in [-0.2, 0) is 14.8 Å². The minimum absolute atomic E-state index is 0.0206. The zero-order chi connectivity index (χ0) is 21.9. The number of rotatable bonds is 9. The van der Waals surface area contributed by atoms with Crippen LogP contribution in [0.3, 0.4) is 0 Å². The van der Waals surface area contributed by atoms with Crippen LogP contribution in [0.2, 0.25) is 0 Å². The standard InChI is InChI=1S/C22H27FN2O4S/c1-4-25(5-2)30(27,28)21-13-15(11-12-20(21)29-6-3)24-22(26)18-14-17(18)16-9-7-8-10-19(16)23/h7-13,17-18H,4-6,14H2,1-3H3,(H,24,26). The Bertz CT molecular complexity index is 1020. The van der Waals surface area contributed by atoms with Crippen LogP contribution in [0.5, 0.6) is 5.75 Å². The van der Waals surface area contributed by atoms with Crippen molar-refractivity contribution in [2.75, 3.05) is 25.0 Å². The molecular weight excluding hydrogens is 407 g/mol. The number of anilines is 1. The number of nitrogens with one attached hydrogen (secondary N) is 1. The lowest BCUT2D eigenvalue weighted by atomic mass is 10.1. The van der Waals surface area contributed by atoms with Crippen molar-refractivity contribution >= 4 is 21.6 Å². The molecule has 1 aliphatic carbocycles. The van der Waals surface area contributed by atoms with Crippen molar-refractivity contribution < 1.29 is 22.3 Å². The van der Waals surface area contributed by atoms with Gasteiger partial charge in [-0.05, 0) is 49.1 Å². The summed E-state index contributed by atoms with van der Waals surface area (Å²) in [4.78, 5) is 12.7. The highest BCUT2D eigenvalue weighted by atomic mass is 32.2. The fourth-order valence-electron chi connectivity index (χ4n) is 3.60. The average Bonchev–Trinajstić information content (AvgIpc) is 3.51. The Kier molecular flexibility index (Phi) is 6.77. The molecular formula is C22H27FN2O4S. The molecule has 2 atom stereocenters. The second kappa shape index (κ2) is 9.14.